The second-order valence-electron chi connectivity index (χ2n) is 4.27. The number of carboxylic acid groups (broad SMARTS) is 1. The molecule has 0 radical (unpaired) electrons. The Kier molecular flexibility index (Phi) is 5.35. The minimum absolute atomic E-state index is 0.207. The number of nitrogens with zero attached hydrogens (tertiary/aromatic N) is 1. The van der Waals surface area contributed by atoms with Crippen molar-refractivity contribution in [3.63, 3.8) is 0 Å². The van der Waals surface area contributed by atoms with Gasteiger partial charge in [-0.3, -0.25) is 9.59 Å². The minimum Gasteiger partial charge on any atom is -0.497 e. The van der Waals surface area contributed by atoms with Crippen molar-refractivity contribution in [3.8, 4) is 5.75 Å². The van der Waals surface area contributed by atoms with Crippen LogP contribution in [-0.2, 0) is 4.79 Å². The molecule has 0 spiro atoms. The molecule has 0 heterocycles. The van der Waals surface area contributed by atoms with Crippen molar-refractivity contribution in [2.75, 3.05) is 13.7 Å². The summed E-state index contributed by atoms with van der Waals surface area (Å²) in [6.07, 6.45) is 0. The van der Waals surface area contributed by atoms with E-state index in [1.165, 1.54) is 12.0 Å². The minimum atomic E-state index is -1.04. The zero-order valence-corrected chi connectivity index (χ0v) is 12.6. The van der Waals surface area contributed by atoms with Gasteiger partial charge in [-0.25, -0.2) is 0 Å². The summed E-state index contributed by atoms with van der Waals surface area (Å²) in [4.78, 5) is 24.5. The standard InChI is InChI=1S/C13H16BrNO4/c1-8(2)15(7-12(16)17)13(18)10-6-9(19-3)4-5-11(10)14/h4-6,8H,7H2,1-3H3,(H,16,17). The Morgan fingerprint density at radius 3 is 2.53 bits per heavy atom. The van der Waals surface area contributed by atoms with Crippen molar-refractivity contribution in [2.24, 2.45) is 0 Å². The average Bonchev–Trinajstić information content (AvgIpc) is 2.35. The molecule has 0 saturated carbocycles. The second kappa shape index (κ2) is 6.56. The van der Waals surface area contributed by atoms with E-state index >= 15 is 0 Å². The van der Waals surface area contributed by atoms with Gasteiger partial charge < -0.3 is 14.7 Å². The number of carbonyl (C=O) groups excluding carboxylic acids is 1. The lowest BCUT2D eigenvalue weighted by atomic mass is 10.1. The van der Waals surface area contributed by atoms with Crippen LogP contribution in [0.25, 0.3) is 0 Å². The van der Waals surface area contributed by atoms with E-state index in [1.807, 2.05) is 0 Å². The maximum Gasteiger partial charge on any atom is 0.323 e. The largest absolute Gasteiger partial charge is 0.497 e. The number of halogens is 1. The highest BCUT2D eigenvalue weighted by molar-refractivity contribution is 9.10. The first-order valence-corrected chi connectivity index (χ1v) is 6.52. The van der Waals surface area contributed by atoms with Crippen LogP contribution in [0.1, 0.15) is 24.2 Å². The van der Waals surface area contributed by atoms with E-state index < -0.39 is 5.97 Å². The lowest BCUT2D eigenvalue weighted by molar-refractivity contribution is -0.138. The van der Waals surface area contributed by atoms with Crippen LogP contribution >= 0.6 is 15.9 Å². The van der Waals surface area contributed by atoms with E-state index in [-0.39, 0.29) is 18.5 Å². The molecular weight excluding hydrogens is 314 g/mol. The molecule has 19 heavy (non-hydrogen) atoms. The summed E-state index contributed by atoms with van der Waals surface area (Å²) in [5.74, 6) is -0.838. The van der Waals surface area contributed by atoms with E-state index in [4.69, 9.17) is 9.84 Å². The summed E-state index contributed by atoms with van der Waals surface area (Å²) in [6.45, 7) is 3.21. The topological polar surface area (TPSA) is 66.8 Å². The normalized spacial score (nSPS) is 10.4. The van der Waals surface area contributed by atoms with Crippen molar-refractivity contribution in [3.05, 3.63) is 28.2 Å². The Morgan fingerprint density at radius 2 is 2.05 bits per heavy atom. The molecule has 0 aliphatic heterocycles. The van der Waals surface area contributed by atoms with Crippen LogP contribution in [0.5, 0.6) is 5.75 Å². The predicted octanol–water partition coefficient (Wildman–Crippen LogP) is 2.39. The van der Waals surface area contributed by atoms with Gasteiger partial charge in [-0.1, -0.05) is 0 Å². The molecule has 5 nitrogen and oxygen atoms in total. The molecule has 1 rings (SSSR count). The van der Waals surface area contributed by atoms with Gasteiger partial charge in [0.15, 0.2) is 0 Å². The molecule has 0 atom stereocenters. The number of carboxylic acids is 1. The van der Waals surface area contributed by atoms with Gasteiger partial charge in [0, 0.05) is 10.5 Å². The summed E-state index contributed by atoms with van der Waals surface area (Å²) in [5.41, 5.74) is 0.384. The van der Waals surface area contributed by atoms with Crippen molar-refractivity contribution in [1.29, 1.82) is 0 Å². The average molecular weight is 330 g/mol. The molecule has 0 saturated heterocycles. The van der Waals surface area contributed by atoms with Crippen molar-refractivity contribution < 1.29 is 19.4 Å². The first-order valence-electron chi connectivity index (χ1n) is 5.73. The zero-order chi connectivity index (χ0) is 14.6. The summed E-state index contributed by atoms with van der Waals surface area (Å²) in [5, 5.41) is 8.87. The lowest BCUT2D eigenvalue weighted by Gasteiger charge is -2.25. The Balaban J connectivity index is 3.12. The van der Waals surface area contributed by atoms with E-state index in [9.17, 15) is 9.59 Å². The fourth-order valence-electron chi connectivity index (χ4n) is 1.58. The van der Waals surface area contributed by atoms with Crippen molar-refractivity contribution >= 4 is 27.8 Å². The van der Waals surface area contributed by atoms with Crippen LogP contribution in [0, 0.1) is 0 Å². The Bertz CT molecular complexity index is 488. The van der Waals surface area contributed by atoms with Gasteiger partial charge in [0.25, 0.3) is 5.91 Å². The highest BCUT2D eigenvalue weighted by Crippen LogP contribution is 2.24. The number of benzene rings is 1. The number of rotatable bonds is 5. The highest BCUT2D eigenvalue weighted by atomic mass is 79.9. The van der Waals surface area contributed by atoms with Gasteiger partial charge in [0.2, 0.25) is 0 Å². The number of aliphatic carboxylic acids is 1. The third-order valence-electron chi connectivity index (χ3n) is 2.59. The lowest BCUT2D eigenvalue weighted by Crippen LogP contribution is -2.40. The highest BCUT2D eigenvalue weighted by Gasteiger charge is 2.23. The smallest absolute Gasteiger partial charge is 0.323 e. The van der Waals surface area contributed by atoms with Gasteiger partial charge in [0.05, 0.1) is 12.7 Å². The molecule has 0 fully saturated rings. The number of ether oxygens (including phenoxy) is 1. The first kappa shape index (κ1) is 15.5. The molecule has 1 aromatic rings. The summed E-state index contributed by atoms with van der Waals surface area (Å²) in [6, 6.07) is 4.80. The molecule has 0 bridgehead atoms. The van der Waals surface area contributed by atoms with E-state index in [0.717, 1.165) is 0 Å². The predicted molar refractivity (Wildman–Crippen MR) is 74.5 cm³/mol. The molecule has 1 N–H and O–H groups in total. The number of methoxy groups -OCH3 is 1. The van der Waals surface area contributed by atoms with Gasteiger partial charge in [-0.15, -0.1) is 0 Å². The Morgan fingerprint density at radius 1 is 1.42 bits per heavy atom. The van der Waals surface area contributed by atoms with E-state index in [1.54, 1.807) is 32.0 Å². The van der Waals surface area contributed by atoms with E-state index in [2.05, 4.69) is 15.9 Å². The van der Waals surface area contributed by atoms with Crippen molar-refractivity contribution in [2.45, 2.75) is 19.9 Å². The van der Waals surface area contributed by atoms with Crippen LogP contribution in [0.2, 0.25) is 0 Å². The van der Waals surface area contributed by atoms with Crippen LogP contribution in [0.3, 0.4) is 0 Å². The van der Waals surface area contributed by atoms with Crippen LogP contribution in [0.4, 0.5) is 0 Å². The van der Waals surface area contributed by atoms with Gasteiger partial charge in [-0.05, 0) is 48.0 Å². The molecule has 104 valence electrons. The Hall–Kier alpha value is -1.56. The number of hydrogen-bond acceptors (Lipinski definition) is 3. The molecule has 0 aromatic heterocycles. The maximum atomic E-state index is 12.4. The fourth-order valence-corrected chi connectivity index (χ4v) is 2.00. The van der Waals surface area contributed by atoms with Crippen molar-refractivity contribution in [1.82, 2.24) is 4.90 Å². The molecule has 6 heteroatoms. The van der Waals surface area contributed by atoms with Crippen LogP contribution in [0.15, 0.2) is 22.7 Å². The molecule has 1 amide bonds. The third-order valence-corrected chi connectivity index (χ3v) is 3.29. The first-order chi connectivity index (χ1) is 8.86. The molecule has 0 unspecified atom stereocenters. The fraction of sp³-hybridized carbons (Fsp3) is 0.385. The number of hydrogen-bond donors (Lipinski definition) is 1. The summed E-state index contributed by atoms with van der Waals surface area (Å²) >= 11 is 3.29. The Labute approximate surface area is 120 Å². The van der Waals surface area contributed by atoms with Gasteiger partial charge in [0.1, 0.15) is 12.3 Å². The summed E-state index contributed by atoms with van der Waals surface area (Å²) < 4.78 is 5.68. The second-order valence-corrected chi connectivity index (χ2v) is 5.12. The van der Waals surface area contributed by atoms with Crippen LogP contribution < -0.4 is 4.74 Å². The number of carbonyl (C=O) groups is 2. The molecule has 1 aromatic carbocycles. The van der Waals surface area contributed by atoms with Crippen LogP contribution in [-0.4, -0.2) is 41.6 Å². The quantitative estimate of drug-likeness (QED) is 0.900. The zero-order valence-electron chi connectivity index (χ0n) is 11.0. The molecule has 0 aliphatic carbocycles. The molecular formula is C13H16BrNO4. The monoisotopic (exact) mass is 329 g/mol. The summed E-state index contributed by atoms with van der Waals surface area (Å²) in [7, 11) is 1.51. The van der Waals surface area contributed by atoms with Gasteiger partial charge >= 0.3 is 5.97 Å². The maximum absolute atomic E-state index is 12.4. The van der Waals surface area contributed by atoms with Gasteiger partial charge in [-0.2, -0.15) is 0 Å². The molecule has 0 aliphatic rings. The number of amides is 1. The SMILES string of the molecule is COc1ccc(Br)c(C(=O)N(CC(=O)O)C(C)C)c1. The third kappa shape index (κ3) is 3.96. The van der Waals surface area contributed by atoms with E-state index in [0.29, 0.717) is 15.8 Å².